The molecule has 5 heteroatoms. The summed E-state index contributed by atoms with van der Waals surface area (Å²) >= 11 is 0. The van der Waals surface area contributed by atoms with E-state index in [0.717, 1.165) is 0 Å². The van der Waals surface area contributed by atoms with Crippen LogP contribution in [0.3, 0.4) is 0 Å². The minimum absolute atomic E-state index is 0.0181. The highest BCUT2D eigenvalue weighted by Crippen LogP contribution is 2.08. The standard InChI is InChI=1S/C6H8N2O3/c1-3-2-4(9)7-8-5(3)6(10)11/h3H,2H2,1H3,(H,7,9)(H,10,11)/t3-/m1/s1. The minimum atomic E-state index is -1.07. The topological polar surface area (TPSA) is 78.8 Å². The molecule has 0 radical (unpaired) electrons. The number of carbonyl (C=O) groups is 2. The first-order valence-corrected chi connectivity index (χ1v) is 3.21. The third-order valence-electron chi connectivity index (χ3n) is 1.48. The van der Waals surface area contributed by atoms with Gasteiger partial charge in [0.2, 0.25) is 5.91 Å². The van der Waals surface area contributed by atoms with Crippen LogP contribution in [0.5, 0.6) is 0 Å². The predicted molar refractivity (Wildman–Crippen MR) is 37.0 cm³/mol. The number of amides is 1. The molecule has 1 aliphatic heterocycles. The van der Waals surface area contributed by atoms with Crippen molar-refractivity contribution >= 4 is 17.6 Å². The maximum Gasteiger partial charge on any atom is 0.352 e. The van der Waals surface area contributed by atoms with Gasteiger partial charge in [-0.25, -0.2) is 10.2 Å². The fraction of sp³-hybridized carbons (Fsp3) is 0.500. The van der Waals surface area contributed by atoms with Gasteiger partial charge in [0.25, 0.3) is 0 Å². The maximum absolute atomic E-state index is 10.6. The smallest absolute Gasteiger partial charge is 0.352 e. The molecular weight excluding hydrogens is 148 g/mol. The Morgan fingerprint density at radius 3 is 2.91 bits per heavy atom. The molecule has 0 spiro atoms. The average molecular weight is 156 g/mol. The lowest BCUT2D eigenvalue weighted by molar-refractivity contribution is -0.130. The third-order valence-corrected chi connectivity index (χ3v) is 1.48. The second-order valence-electron chi connectivity index (χ2n) is 2.44. The zero-order valence-corrected chi connectivity index (χ0v) is 6.00. The summed E-state index contributed by atoms with van der Waals surface area (Å²) in [6.07, 6.45) is 0.200. The number of aliphatic carboxylic acids is 1. The van der Waals surface area contributed by atoms with E-state index in [2.05, 4.69) is 10.5 Å². The van der Waals surface area contributed by atoms with Crippen molar-refractivity contribution in [2.45, 2.75) is 13.3 Å². The van der Waals surface area contributed by atoms with Crippen molar-refractivity contribution in [3.05, 3.63) is 0 Å². The third kappa shape index (κ3) is 1.54. The molecule has 0 aromatic rings. The number of carboxylic acid groups (broad SMARTS) is 1. The van der Waals surface area contributed by atoms with Gasteiger partial charge in [-0.1, -0.05) is 6.92 Å². The molecular formula is C6H8N2O3. The van der Waals surface area contributed by atoms with Gasteiger partial charge in [0.15, 0.2) is 0 Å². The summed E-state index contributed by atoms with van der Waals surface area (Å²) in [6.45, 7) is 1.66. The number of hydrogen-bond acceptors (Lipinski definition) is 3. The number of rotatable bonds is 1. The minimum Gasteiger partial charge on any atom is -0.477 e. The molecule has 0 bridgehead atoms. The van der Waals surface area contributed by atoms with Gasteiger partial charge in [-0.2, -0.15) is 5.10 Å². The van der Waals surface area contributed by atoms with E-state index in [4.69, 9.17) is 5.11 Å². The van der Waals surface area contributed by atoms with Crippen molar-refractivity contribution < 1.29 is 14.7 Å². The summed E-state index contributed by atoms with van der Waals surface area (Å²) in [5.74, 6) is -1.60. The van der Waals surface area contributed by atoms with Gasteiger partial charge in [0.05, 0.1) is 0 Å². The fourth-order valence-corrected chi connectivity index (χ4v) is 0.912. The maximum atomic E-state index is 10.6. The van der Waals surface area contributed by atoms with Crippen LogP contribution in [-0.4, -0.2) is 22.7 Å². The molecule has 1 aliphatic rings. The van der Waals surface area contributed by atoms with Crippen molar-refractivity contribution in [1.82, 2.24) is 5.43 Å². The highest BCUT2D eigenvalue weighted by molar-refractivity contribution is 6.37. The lowest BCUT2D eigenvalue weighted by Crippen LogP contribution is -2.35. The Labute approximate surface area is 63.1 Å². The van der Waals surface area contributed by atoms with E-state index in [-0.39, 0.29) is 24.0 Å². The normalized spacial score (nSPS) is 23.9. The molecule has 60 valence electrons. The van der Waals surface area contributed by atoms with Gasteiger partial charge in [-0.3, -0.25) is 4.79 Å². The van der Waals surface area contributed by atoms with Crippen LogP contribution in [0.4, 0.5) is 0 Å². The van der Waals surface area contributed by atoms with Crippen LogP contribution >= 0.6 is 0 Å². The van der Waals surface area contributed by atoms with Crippen LogP contribution in [0.15, 0.2) is 5.10 Å². The number of carbonyl (C=O) groups excluding carboxylic acids is 1. The summed E-state index contributed by atoms with van der Waals surface area (Å²) in [4.78, 5) is 21.0. The van der Waals surface area contributed by atoms with Crippen molar-refractivity contribution in [2.24, 2.45) is 11.0 Å². The lowest BCUT2D eigenvalue weighted by Gasteiger charge is -2.14. The lowest BCUT2D eigenvalue weighted by atomic mass is 10.0. The zero-order valence-electron chi connectivity index (χ0n) is 6.00. The van der Waals surface area contributed by atoms with Gasteiger partial charge >= 0.3 is 5.97 Å². The highest BCUT2D eigenvalue weighted by Gasteiger charge is 2.24. The largest absolute Gasteiger partial charge is 0.477 e. The molecule has 0 fully saturated rings. The van der Waals surface area contributed by atoms with E-state index in [1.807, 2.05) is 0 Å². The molecule has 1 heterocycles. The number of hydrazone groups is 1. The number of nitrogens with zero attached hydrogens (tertiary/aromatic N) is 1. The zero-order chi connectivity index (χ0) is 8.43. The van der Waals surface area contributed by atoms with E-state index in [9.17, 15) is 9.59 Å². The average Bonchev–Trinajstić information content (AvgIpc) is 1.85. The number of carboxylic acids is 1. The second-order valence-corrected chi connectivity index (χ2v) is 2.44. The van der Waals surface area contributed by atoms with Crippen LogP contribution < -0.4 is 5.43 Å². The van der Waals surface area contributed by atoms with Gasteiger partial charge in [-0.15, -0.1) is 0 Å². The van der Waals surface area contributed by atoms with Crippen molar-refractivity contribution in [3.63, 3.8) is 0 Å². The Hall–Kier alpha value is -1.39. The molecule has 1 atom stereocenters. The summed E-state index contributed by atoms with van der Waals surface area (Å²) in [5, 5.41) is 11.9. The first-order chi connectivity index (χ1) is 5.11. The Kier molecular flexibility index (Phi) is 1.89. The predicted octanol–water partition coefficient (Wildman–Crippen LogP) is -0.417. The summed E-state index contributed by atoms with van der Waals surface area (Å²) in [7, 11) is 0. The number of hydrogen-bond donors (Lipinski definition) is 2. The van der Waals surface area contributed by atoms with Crippen LogP contribution in [0.25, 0.3) is 0 Å². The Balaban J connectivity index is 2.80. The molecule has 0 saturated heterocycles. The summed E-state index contributed by atoms with van der Waals surface area (Å²) in [5.41, 5.74) is 2.13. The van der Waals surface area contributed by atoms with E-state index >= 15 is 0 Å². The van der Waals surface area contributed by atoms with Crippen LogP contribution in [0, 0.1) is 5.92 Å². The molecule has 0 aromatic carbocycles. The molecule has 11 heavy (non-hydrogen) atoms. The van der Waals surface area contributed by atoms with Gasteiger partial charge < -0.3 is 5.11 Å². The molecule has 0 unspecified atom stereocenters. The first-order valence-electron chi connectivity index (χ1n) is 3.21. The van der Waals surface area contributed by atoms with Gasteiger partial charge in [0, 0.05) is 12.3 Å². The van der Waals surface area contributed by atoms with E-state index in [1.165, 1.54) is 0 Å². The quantitative estimate of drug-likeness (QED) is 0.541. The van der Waals surface area contributed by atoms with Crippen LogP contribution in [0.1, 0.15) is 13.3 Å². The Bertz CT molecular complexity index is 234. The summed E-state index contributed by atoms with van der Waals surface area (Å²) in [6, 6.07) is 0. The molecule has 1 rings (SSSR count). The Morgan fingerprint density at radius 2 is 2.45 bits per heavy atom. The number of nitrogens with one attached hydrogen (secondary N) is 1. The fourth-order valence-electron chi connectivity index (χ4n) is 0.912. The molecule has 0 aromatic heterocycles. The monoisotopic (exact) mass is 156 g/mol. The highest BCUT2D eigenvalue weighted by atomic mass is 16.4. The summed E-state index contributed by atoms with van der Waals surface area (Å²) < 4.78 is 0. The van der Waals surface area contributed by atoms with Crippen LogP contribution in [0.2, 0.25) is 0 Å². The Morgan fingerprint density at radius 1 is 1.82 bits per heavy atom. The molecule has 2 N–H and O–H groups in total. The van der Waals surface area contributed by atoms with Crippen molar-refractivity contribution in [1.29, 1.82) is 0 Å². The first kappa shape index (κ1) is 7.71. The SMILES string of the molecule is C[C@@H]1CC(=O)NN=C1C(=O)O. The molecule has 1 amide bonds. The second kappa shape index (κ2) is 2.69. The molecule has 0 saturated carbocycles. The molecule has 0 aliphatic carbocycles. The van der Waals surface area contributed by atoms with E-state index < -0.39 is 5.97 Å². The van der Waals surface area contributed by atoms with E-state index in [0.29, 0.717) is 0 Å². The molecule has 5 nitrogen and oxygen atoms in total. The van der Waals surface area contributed by atoms with E-state index in [1.54, 1.807) is 6.92 Å². The van der Waals surface area contributed by atoms with Crippen LogP contribution in [-0.2, 0) is 9.59 Å². The van der Waals surface area contributed by atoms with Crippen molar-refractivity contribution in [2.75, 3.05) is 0 Å². The van der Waals surface area contributed by atoms with Gasteiger partial charge in [0.1, 0.15) is 5.71 Å². The van der Waals surface area contributed by atoms with Crippen molar-refractivity contribution in [3.8, 4) is 0 Å². The van der Waals surface area contributed by atoms with Gasteiger partial charge in [-0.05, 0) is 0 Å².